The molecule has 0 fully saturated rings. The predicted molar refractivity (Wildman–Crippen MR) is 86.8 cm³/mol. The molecule has 0 aliphatic heterocycles. The largest absolute Gasteiger partial charge is 0.460 e. The van der Waals surface area contributed by atoms with Gasteiger partial charge in [0.25, 0.3) is 6.47 Å². The van der Waals surface area contributed by atoms with E-state index in [-0.39, 0.29) is 13.1 Å². The second-order valence-corrected chi connectivity index (χ2v) is 6.88. The van der Waals surface area contributed by atoms with Gasteiger partial charge in [-0.15, -0.1) is 0 Å². The van der Waals surface area contributed by atoms with E-state index >= 15 is 0 Å². The SMILES string of the molecule is CC(C)(C)OC(=O)C(C(=O)OCc1ccccc1)C(C)(C)OC=O. The zero-order valence-electron chi connectivity index (χ0n) is 14.7. The molecule has 1 rings (SSSR count). The van der Waals surface area contributed by atoms with E-state index in [0.29, 0.717) is 0 Å². The first kappa shape index (κ1) is 19.7. The molecule has 6 nitrogen and oxygen atoms in total. The van der Waals surface area contributed by atoms with E-state index in [4.69, 9.17) is 14.2 Å². The highest BCUT2D eigenvalue weighted by atomic mass is 16.6. The van der Waals surface area contributed by atoms with E-state index in [9.17, 15) is 14.4 Å². The number of carbonyl (C=O) groups excluding carboxylic acids is 3. The molecule has 132 valence electrons. The molecule has 0 N–H and O–H groups in total. The first-order valence-electron chi connectivity index (χ1n) is 7.62. The Morgan fingerprint density at radius 2 is 1.62 bits per heavy atom. The zero-order chi connectivity index (χ0) is 18.4. The van der Waals surface area contributed by atoms with Gasteiger partial charge < -0.3 is 14.2 Å². The molecule has 0 bridgehead atoms. The van der Waals surface area contributed by atoms with E-state index in [1.54, 1.807) is 32.9 Å². The molecule has 1 atom stereocenters. The average molecular weight is 336 g/mol. The third-order valence-corrected chi connectivity index (χ3v) is 3.15. The topological polar surface area (TPSA) is 78.9 Å². The van der Waals surface area contributed by atoms with Crippen molar-refractivity contribution in [2.45, 2.75) is 52.4 Å². The molecule has 24 heavy (non-hydrogen) atoms. The number of benzene rings is 1. The quantitative estimate of drug-likeness (QED) is 0.330. The summed E-state index contributed by atoms with van der Waals surface area (Å²) in [6.45, 7) is 8.18. The molecule has 6 heteroatoms. The lowest BCUT2D eigenvalue weighted by Crippen LogP contribution is -2.47. The number of hydrogen-bond donors (Lipinski definition) is 0. The van der Waals surface area contributed by atoms with Crippen LogP contribution in [0, 0.1) is 5.92 Å². The van der Waals surface area contributed by atoms with Gasteiger partial charge in [0.15, 0.2) is 5.92 Å². The minimum absolute atomic E-state index is 0.0101. The van der Waals surface area contributed by atoms with Gasteiger partial charge in [-0.05, 0) is 40.2 Å². The van der Waals surface area contributed by atoms with Crippen LogP contribution in [0.4, 0.5) is 0 Å². The van der Waals surface area contributed by atoms with E-state index in [0.717, 1.165) is 5.56 Å². The molecule has 0 heterocycles. The summed E-state index contributed by atoms with van der Waals surface area (Å²) in [5.41, 5.74) is -1.40. The fraction of sp³-hybridized carbons (Fsp3) is 0.500. The van der Waals surface area contributed by atoms with Gasteiger partial charge in [-0.25, -0.2) is 0 Å². The Labute approximate surface area is 142 Å². The van der Waals surface area contributed by atoms with Crippen LogP contribution in [-0.2, 0) is 35.2 Å². The molecular formula is C18H24O6. The van der Waals surface area contributed by atoms with E-state index < -0.39 is 29.1 Å². The summed E-state index contributed by atoms with van der Waals surface area (Å²) in [6.07, 6.45) is 0. The maximum Gasteiger partial charge on any atom is 0.325 e. The van der Waals surface area contributed by atoms with E-state index in [1.807, 2.05) is 18.2 Å². The molecule has 0 radical (unpaired) electrons. The van der Waals surface area contributed by atoms with Gasteiger partial charge in [-0.3, -0.25) is 14.4 Å². The van der Waals surface area contributed by atoms with Crippen LogP contribution in [0.5, 0.6) is 0 Å². The Morgan fingerprint density at radius 3 is 2.12 bits per heavy atom. The Balaban J connectivity index is 2.92. The molecule has 1 aromatic carbocycles. The number of rotatable bonds is 7. The summed E-state index contributed by atoms with van der Waals surface area (Å²) in [4.78, 5) is 35.6. The summed E-state index contributed by atoms with van der Waals surface area (Å²) >= 11 is 0. The van der Waals surface area contributed by atoms with Gasteiger partial charge in [-0.2, -0.15) is 0 Å². The third-order valence-electron chi connectivity index (χ3n) is 3.15. The third kappa shape index (κ3) is 6.02. The minimum atomic E-state index is -1.39. The first-order valence-corrected chi connectivity index (χ1v) is 7.62. The van der Waals surface area contributed by atoms with Crippen molar-refractivity contribution in [3.05, 3.63) is 35.9 Å². The second-order valence-electron chi connectivity index (χ2n) is 6.88. The van der Waals surface area contributed by atoms with E-state index in [2.05, 4.69) is 0 Å². The summed E-state index contributed by atoms with van der Waals surface area (Å²) < 4.78 is 15.4. The van der Waals surface area contributed by atoms with Crippen molar-refractivity contribution in [1.82, 2.24) is 0 Å². The lowest BCUT2D eigenvalue weighted by molar-refractivity contribution is -0.183. The van der Waals surface area contributed by atoms with Crippen LogP contribution in [-0.4, -0.2) is 29.6 Å². The van der Waals surface area contributed by atoms with Crippen molar-refractivity contribution in [3.63, 3.8) is 0 Å². The van der Waals surface area contributed by atoms with Crippen LogP contribution in [0.15, 0.2) is 30.3 Å². The smallest absolute Gasteiger partial charge is 0.325 e. The predicted octanol–water partition coefficient (Wildman–Crippen LogP) is 2.64. The Hall–Kier alpha value is -2.37. The van der Waals surface area contributed by atoms with Gasteiger partial charge in [-0.1, -0.05) is 30.3 Å². The second kappa shape index (κ2) is 7.95. The molecule has 0 spiro atoms. The number of ether oxygens (including phenoxy) is 3. The van der Waals surface area contributed by atoms with Crippen LogP contribution in [0.25, 0.3) is 0 Å². The van der Waals surface area contributed by atoms with Gasteiger partial charge in [0.2, 0.25) is 0 Å². The van der Waals surface area contributed by atoms with Crippen LogP contribution in [0.3, 0.4) is 0 Å². The monoisotopic (exact) mass is 336 g/mol. The fourth-order valence-electron chi connectivity index (χ4n) is 2.03. The molecule has 0 saturated heterocycles. The van der Waals surface area contributed by atoms with Crippen molar-refractivity contribution in [2.24, 2.45) is 5.92 Å². The maximum absolute atomic E-state index is 12.4. The lowest BCUT2D eigenvalue weighted by Gasteiger charge is -2.31. The number of hydrogen-bond acceptors (Lipinski definition) is 6. The molecule has 0 aliphatic carbocycles. The summed E-state index contributed by atoms with van der Waals surface area (Å²) in [7, 11) is 0. The van der Waals surface area contributed by atoms with Crippen LogP contribution < -0.4 is 0 Å². The Morgan fingerprint density at radius 1 is 1.04 bits per heavy atom. The van der Waals surface area contributed by atoms with Crippen LogP contribution in [0.2, 0.25) is 0 Å². The summed E-state index contributed by atoms with van der Waals surface area (Å²) in [5.74, 6) is -2.99. The molecular weight excluding hydrogens is 312 g/mol. The molecule has 0 amide bonds. The lowest BCUT2D eigenvalue weighted by atomic mass is 9.90. The Bertz CT molecular complexity index is 571. The van der Waals surface area contributed by atoms with Gasteiger partial charge in [0.05, 0.1) is 0 Å². The molecule has 0 aromatic heterocycles. The minimum Gasteiger partial charge on any atom is -0.460 e. The first-order chi connectivity index (χ1) is 11.1. The standard InChI is InChI=1S/C18H24O6/c1-17(2,3)24-16(21)14(18(4,5)23-12-19)15(20)22-11-13-9-7-6-8-10-13/h6-10,12,14H,11H2,1-5H3. The zero-order valence-corrected chi connectivity index (χ0v) is 14.7. The Kier molecular flexibility index (Phi) is 6.51. The van der Waals surface area contributed by atoms with E-state index in [1.165, 1.54) is 13.8 Å². The molecule has 0 saturated carbocycles. The van der Waals surface area contributed by atoms with Crippen molar-refractivity contribution in [2.75, 3.05) is 0 Å². The van der Waals surface area contributed by atoms with Gasteiger partial charge >= 0.3 is 11.9 Å². The highest BCUT2D eigenvalue weighted by Gasteiger charge is 2.46. The van der Waals surface area contributed by atoms with Crippen molar-refractivity contribution in [3.8, 4) is 0 Å². The maximum atomic E-state index is 12.4. The molecule has 0 aliphatic rings. The van der Waals surface area contributed by atoms with Crippen LogP contribution in [0.1, 0.15) is 40.2 Å². The molecule has 1 aromatic rings. The summed E-state index contributed by atoms with van der Waals surface area (Å²) in [5, 5.41) is 0. The van der Waals surface area contributed by atoms with Crippen molar-refractivity contribution in [1.29, 1.82) is 0 Å². The van der Waals surface area contributed by atoms with Gasteiger partial charge in [0.1, 0.15) is 17.8 Å². The fourth-order valence-corrected chi connectivity index (χ4v) is 2.03. The highest BCUT2D eigenvalue weighted by molar-refractivity contribution is 5.96. The van der Waals surface area contributed by atoms with Gasteiger partial charge in [0, 0.05) is 0 Å². The van der Waals surface area contributed by atoms with Crippen LogP contribution >= 0.6 is 0 Å². The number of esters is 2. The van der Waals surface area contributed by atoms with Crippen molar-refractivity contribution < 1.29 is 28.6 Å². The normalized spacial score (nSPS) is 12.9. The highest BCUT2D eigenvalue weighted by Crippen LogP contribution is 2.26. The summed E-state index contributed by atoms with van der Waals surface area (Å²) in [6, 6.07) is 9.06. The van der Waals surface area contributed by atoms with Crippen molar-refractivity contribution >= 4 is 18.4 Å². The molecule has 1 unspecified atom stereocenters. The number of carbonyl (C=O) groups is 3. The average Bonchev–Trinajstić information content (AvgIpc) is 2.44.